The van der Waals surface area contributed by atoms with Crippen molar-refractivity contribution in [2.75, 3.05) is 13.2 Å². The van der Waals surface area contributed by atoms with Crippen molar-refractivity contribution >= 4 is 17.7 Å². The van der Waals surface area contributed by atoms with Gasteiger partial charge in [0.05, 0.1) is 12.6 Å². The molecule has 0 saturated heterocycles. The van der Waals surface area contributed by atoms with E-state index >= 15 is 0 Å². The predicted octanol–water partition coefficient (Wildman–Crippen LogP) is 2.12. The Morgan fingerprint density at radius 3 is 2.88 bits per heavy atom. The number of amides is 1. The highest BCUT2D eigenvalue weighted by atomic mass is 35.5. The van der Waals surface area contributed by atoms with Gasteiger partial charge in [-0.3, -0.25) is 0 Å². The van der Waals surface area contributed by atoms with Gasteiger partial charge in [0.1, 0.15) is 6.61 Å². The van der Waals surface area contributed by atoms with Crippen molar-refractivity contribution in [2.45, 2.75) is 13.0 Å². The average molecular weight is 244 g/mol. The molecular weight excluding hydrogens is 230 g/mol. The number of aliphatic hydroxyl groups excluding tert-OH is 1. The fourth-order valence-electron chi connectivity index (χ4n) is 1.26. The van der Waals surface area contributed by atoms with Crippen molar-refractivity contribution in [1.29, 1.82) is 0 Å². The Labute approximate surface area is 99.2 Å². The van der Waals surface area contributed by atoms with Crippen LogP contribution in [-0.4, -0.2) is 24.4 Å². The van der Waals surface area contributed by atoms with Crippen LogP contribution in [0.2, 0.25) is 5.02 Å². The summed E-state index contributed by atoms with van der Waals surface area (Å²) in [7, 11) is 0. The number of hydrogen-bond donors (Lipinski definition) is 2. The van der Waals surface area contributed by atoms with Crippen molar-refractivity contribution in [3.8, 4) is 0 Å². The Bertz CT molecular complexity index is 357. The molecule has 1 amide bonds. The zero-order valence-corrected chi connectivity index (χ0v) is 9.70. The topological polar surface area (TPSA) is 58.6 Å². The standard InChI is InChI=1S/C11H14ClNO3/c1-8(13-11(15)16-7-6-14)9-4-2-3-5-10(9)12/h2-5,8,14H,6-7H2,1H3,(H,13,15)/t8-/m0/s1. The van der Waals surface area contributed by atoms with Crippen molar-refractivity contribution < 1.29 is 14.6 Å². The first-order valence-electron chi connectivity index (χ1n) is 4.93. The second-order valence-corrected chi connectivity index (χ2v) is 3.65. The highest BCUT2D eigenvalue weighted by Crippen LogP contribution is 2.21. The van der Waals surface area contributed by atoms with E-state index < -0.39 is 6.09 Å². The van der Waals surface area contributed by atoms with Gasteiger partial charge in [-0.15, -0.1) is 0 Å². The average Bonchev–Trinajstić information content (AvgIpc) is 2.26. The molecule has 0 saturated carbocycles. The Hall–Kier alpha value is -1.26. The maximum absolute atomic E-state index is 11.2. The third kappa shape index (κ3) is 3.72. The van der Waals surface area contributed by atoms with Gasteiger partial charge < -0.3 is 15.2 Å². The number of carbonyl (C=O) groups excluding carboxylic acids is 1. The minimum absolute atomic E-state index is 0.0128. The normalized spacial score (nSPS) is 11.9. The molecule has 1 rings (SSSR count). The number of alkyl carbamates (subject to hydrolysis) is 1. The van der Waals surface area contributed by atoms with E-state index in [0.29, 0.717) is 5.02 Å². The molecule has 16 heavy (non-hydrogen) atoms. The third-order valence-corrected chi connectivity index (χ3v) is 2.37. The van der Waals surface area contributed by atoms with Crippen LogP contribution >= 0.6 is 11.6 Å². The van der Waals surface area contributed by atoms with Gasteiger partial charge in [0.25, 0.3) is 0 Å². The number of halogens is 1. The van der Waals surface area contributed by atoms with Crippen molar-refractivity contribution in [3.63, 3.8) is 0 Å². The maximum Gasteiger partial charge on any atom is 0.407 e. The summed E-state index contributed by atoms with van der Waals surface area (Å²) in [4.78, 5) is 11.2. The van der Waals surface area contributed by atoms with E-state index in [1.807, 2.05) is 18.2 Å². The van der Waals surface area contributed by atoms with E-state index in [4.69, 9.17) is 16.7 Å². The van der Waals surface area contributed by atoms with Crippen LogP contribution in [0.4, 0.5) is 4.79 Å². The number of hydrogen-bond acceptors (Lipinski definition) is 3. The molecule has 0 radical (unpaired) electrons. The third-order valence-electron chi connectivity index (χ3n) is 2.03. The lowest BCUT2D eigenvalue weighted by atomic mass is 10.1. The van der Waals surface area contributed by atoms with Gasteiger partial charge >= 0.3 is 6.09 Å². The molecule has 2 N–H and O–H groups in total. The summed E-state index contributed by atoms with van der Waals surface area (Å²) < 4.78 is 4.68. The van der Waals surface area contributed by atoms with Gasteiger partial charge in [-0.1, -0.05) is 29.8 Å². The largest absolute Gasteiger partial charge is 0.447 e. The summed E-state index contributed by atoms with van der Waals surface area (Å²) in [5, 5.41) is 11.7. The fourth-order valence-corrected chi connectivity index (χ4v) is 1.56. The van der Waals surface area contributed by atoms with E-state index in [1.165, 1.54) is 0 Å². The van der Waals surface area contributed by atoms with E-state index in [9.17, 15) is 4.79 Å². The molecule has 0 heterocycles. The van der Waals surface area contributed by atoms with Crippen LogP contribution in [0.1, 0.15) is 18.5 Å². The van der Waals surface area contributed by atoms with Gasteiger partial charge in [0, 0.05) is 5.02 Å². The lowest BCUT2D eigenvalue weighted by Gasteiger charge is -2.15. The predicted molar refractivity (Wildman–Crippen MR) is 61.4 cm³/mol. The summed E-state index contributed by atoms with van der Waals surface area (Å²) in [5.74, 6) is 0. The minimum Gasteiger partial charge on any atom is -0.447 e. The first kappa shape index (κ1) is 12.8. The van der Waals surface area contributed by atoms with Crippen LogP contribution in [0.3, 0.4) is 0 Å². The van der Waals surface area contributed by atoms with E-state index in [0.717, 1.165) is 5.56 Å². The van der Waals surface area contributed by atoms with Crippen LogP contribution in [0.5, 0.6) is 0 Å². The SMILES string of the molecule is C[C@H](NC(=O)OCCO)c1ccccc1Cl. The lowest BCUT2D eigenvalue weighted by molar-refractivity contribution is 0.116. The molecule has 0 spiro atoms. The minimum atomic E-state index is -0.568. The van der Waals surface area contributed by atoms with Gasteiger partial charge in [-0.05, 0) is 18.6 Å². The second kappa shape index (κ2) is 6.35. The quantitative estimate of drug-likeness (QED) is 0.852. The first-order chi connectivity index (χ1) is 7.65. The van der Waals surface area contributed by atoms with Crippen LogP contribution in [0, 0.1) is 0 Å². The molecule has 5 heteroatoms. The van der Waals surface area contributed by atoms with Crippen LogP contribution < -0.4 is 5.32 Å². The molecule has 0 aliphatic heterocycles. The Morgan fingerprint density at radius 1 is 1.56 bits per heavy atom. The number of aliphatic hydroxyl groups is 1. The van der Waals surface area contributed by atoms with E-state index in [1.54, 1.807) is 13.0 Å². The fraction of sp³-hybridized carbons (Fsp3) is 0.364. The Morgan fingerprint density at radius 2 is 2.25 bits per heavy atom. The van der Waals surface area contributed by atoms with Crippen LogP contribution in [-0.2, 0) is 4.74 Å². The van der Waals surface area contributed by atoms with Gasteiger partial charge in [-0.25, -0.2) is 4.79 Å². The molecule has 0 unspecified atom stereocenters. The number of nitrogens with one attached hydrogen (secondary N) is 1. The molecule has 4 nitrogen and oxygen atoms in total. The molecule has 0 aromatic heterocycles. The maximum atomic E-state index is 11.2. The summed E-state index contributed by atoms with van der Waals surface area (Å²) in [6.07, 6.45) is -0.568. The van der Waals surface area contributed by atoms with Crippen LogP contribution in [0.25, 0.3) is 0 Å². The highest BCUT2D eigenvalue weighted by molar-refractivity contribution is 6.31. The zero-order valence-electron chi connectivity index (χ0n) is 8.94. The molecule has 1 aromatic carbocycles. The summed E-state index contributed by atoms with van der Waals surface area (Å²) in [5.41, 5.74) is 0.824. The molecule has 1 aromatic rings. The van der Waals surface area contributed by atoms with E-state index in [-0.39, 0.29) is 19.3 Å². The van der Waals surface area contributed by atoms with E-state index in [2.05, 4.69) is 10.1 Å². The molecular formula is C11H14ClNO3. The van der Waals surface area contributed by atoms with Gasteiger partial charge in [0.2, 0.25) is 0 Å². The van der Waals surface area contributed by atoms with Gasteiger partial charge in [0.15, 0.2) is 0 Å². The summed E-state index contributed by atoms with van der Waals surface area (Å²) in [6, 6.07) is 7.02. The molecule has 0 aliphatic carbocycles. The number of carbonyl (C=O) groups is 1. The summed E-state index contributed by atoms with van der Waals surface area (Å²) in [6.45, 7) is 1.61. The number of rotatable bonds is 4. The molecule has 0 bridgehead atoms. The molecule has 88 valence electrons. The van der Waals surface area contributed by atoms with Crippen molar-refractivity contribution in [3.05, 3.63) is 34.9 Å². The number of ether oxygens (including phenoxy) is 1. The molecule has 0 fully saturated rings. The Balaban J connectivity index is 2.55. The van der Waals surface area contributed by atoms with Gasteiger partial charge in [-0.2, -0.15) is 0 Å². The van der Waals surface area contributed by atoms with Crippen LogP contribution in [0.15, 0.2) is 24.3 Å². The Kier molecular flexibility index (Phi) is 5.08. The van der Waals surface area contributed by atoms with Crippen molar-refractivity contribution in [2.24, 2.45) is 0 Å². The number of benzene rings is 1. The lowest BCUT2D eigenvalue weighted by Crippen LogP contribution is -2.28. The highest BCUT2D eigenvalue weighted by Gasteiger charge is 2.12. The molecule has 1 atom stereocenters. The second-order valence-electron chi connectivity index (χ2n) is 3.25. The first-order valence-corrected chi connectivity index (χ1v) is 5.31. The smallest absolute Gasteiger partial charge is 0.407 e. The van der Waals surface area contributed by atoms with Crippen molar-refractivity contribution in [1.82, 2.24) is 5.32 Å². The monoisotopic (exact) mass is 243 g/mol. The summed E-state index contributed by atoms with van der Waals surface area (Å²) >= 11 is 5.97. The molecule has 0 aliphatic rings. The zero-order chi connectivity index (χ0) is 12.0.